The zero-order chi connectivity index (χ0) is 18.4. The van der Waals surface area contributed by atoms with Crippen LogP contribution in [-0.4, -0.2) is 72.1 Å². The number of carboxylic acid groups (broad SMARTS) is 1. The van der Waals surface area contributed by atoms with Gasteiger partial charge in [0, 0.05) is 18.6 Å². The Morgan fingerprint density at radius 3 is 2.60 bits per heavy atom. The number of carbonyl (C=O) groups excluding carboxylic acids is 1. The fourth-order valence-corrected chi connectivity index (χ4v) is 4.32. The summed E-state index contributed by atoms with van der Waals surface area (Å²) in [4.78, 5) is 27.5. The molecule has 1 saturated heterocycles. The molecule has 2 fully saturated rings. The zero-order valence-corrected chi connectivity index (χ0v) is 16.0. The second kappa shape index (κ2) is 9.53. The Morgan fingerprint density at radius 1 is 1.12 bits per heavy atom. The summed E-state index contributed by atoms with van der Waals surface area (Å²) in [6.45, 7) is 6.87. The second-order valence-electron chi connectivity index (χ2n) is 8.11. The Balaban J connectivity index is 1.77. The van der Waals surface area contributed by atoms with Gasteiger partial charge in [-0.1, -0.05) is 26.7 Å². The smallest absolute Gasteiger partial charge is 0.317 e. The molecule has 6 heteroatoms. The van der Waals surface area contributed by atoms with Crippen molar-refractivity contribution in [3.63, 3.8) is 0 Å². The van der Waals surface area contributed by atoms with Crippen LogP contribution >= 0.6 is 0 Å². The molecule has 0 spiro atoms. The molecule has 2 N–H and O–H groups in total. The lowest BCUT2D eigenvalue weighted by molar-refractivity contribution is -0.138. The predicted molar refractivity (Wildman–Crippen MR) is 98.5 cm³/mol. The standard InChI is InChI=1S/C19H35N3O3/c1-14-6-4-8-17(15(14)2)20-18(23)12-22-10-5-7-16(9-11-22)21(3)13-19(24)25/h14-17H,4-13H2,1-3H3,(H,20,23)(H,24,25). The van der Waals surface area contributed by atoms with Gasteiger partial charge in [0.15, 0.2) is 0 Å². The first-order chi connectivity index (χ1) is 11.9. The quantitative estimate of drug-likeness (QED) is 0.762. The third-order valence-corrected chi connectivity index (χ3v) is 6.22. The van der Waals surface area contributed by atoms with Crippen LogP contribution in [0.25, 0.3) is 0 Å². The molecule has 25 heavy (non-hydrogen) atoms. The highest BCUT2D eigenvalue weighted by molar-refractivity contribution is 5.78. The van der Waals surface area contributed by atoms with E-state index in [1.54, 1.807) is 0 Å². The third-order valence-electron chi connectivity index (χ3n) is 6.22. The molecule has 4 unspecified atom stereocenters. The molecule has 4 atom stereocenters. The number of likely N-dealkylation sites (N-methyl/N-ethyl adjacent to an activating group) is 1. The van der Waals surface area contributed by atoms with Crippen molar-refractivity contribution in [2.45, 2.75) is 64.5 Å². The SMILES string of the molecule is CC1CCCC(NC(=O)CN2CCCC(N(C)CC(=O)O)CC2)C1C. The van der Waals surface area contributed by atoms with Crippen molar-refractivity contribution in [2.75, 3.05) is 33.2 Å². The monoisotopic (exact) mass is 353 g/mol. The molecule has 0 aromatic rings. The van der Waals surface area contributed by atoms with E-state index in [1.807, 2.05) is 11.9 Å². The van der Waals surface area contributed by atoms with Gasteiger partial charge in [0.05, 0.1) is 13.1 Å². The summed E-state index contributed by atoms with van der Waals surface area (Å²) in [6.07, 6.45) is 6.51. The molecule has 1 aliphatic heterocycles. The van der Waals surface area contributed by atoms with E-state index in [2.05, 4.69) is 24.1 Å². The fourth-order valence-electron chi connectivity index (χ4n) is 4.32. The van der Waals surface area contributed by atoms with Gasteiger partial charge in [-0.3, -0.25) is 19.4 Å². The minimum Gasteiger partial charge on any atom is -0.480 e. The Hall–Kier alpha value is -1.14. The van der Waals surface area contributed by atoms with Crippen LogP contribution in [0.4, 0.5) is 0 Å². The molecule has 0 aromatic heterocycles. The molecule has 1 aliphatic carbocycles. The van der Waals surface area contributed by atoms with Crippen LogP contribution in [0.1, 0.15) is 52.4 Å². The first kappa shape index (κ1) is 20.2. The van der Waals surface area contributed by atoms with Gasteiger partial charge in [0.25, 0.3) is 0 Å². The van der Waals surface area contributed by atoms with E-state index in [0.29, 0.717) is 30.5 Å². The molecular formula is C19H35N3O3. The Kier molecular flexibility index (Phi) is 7.69. The lowest BCUT2D eigenvalue weighted by Gasteiger charge is -2.35. The molecule has 1 saturated carbocycles. The number of nitrogens with one attached hydrogen (secondary N) is 1. The molecule has 2 rings (SSSR count). The van der Waals surface area contributed by atoms with E-state index in [0.717, 1.165) is 38.8 Å². The topological polar surface area (TPSA) is 72.9 Å². The van der Waals surface area contributed by atoms with Crippen molar-refractivity contribution in [2.24, 2.45) is 11.8 Å². The van der Waals surface area contributed by atoms with Crippen LogP contribution in [0.2, 0.25) is 0 Å². The normalized spacial score (nSPS) is 31.5. The van der Waals surface area contributed by atoms with Crippen molar-refractivity contribution < 1.29 is 14.7 Å². The lowest BCUT2D eigenvalue weighted by atomic mass is 9.78. The highest BCUT2D eigenvalue weighted by Crippen LogP contribution is 2.29. The molecule has 144 valence electrons. The fraction of sp³-hybridized carbons (Fsp3) is 0.895. The molecule has 0 bridgehead atoms. The minimum absolute atomic E-state index is 0.0862. The highest BCUT2D eigenvalue weighted by Gasteiger charge is 2.29. The van der Waals surface area contributed by atoms with E-state index in [9.17, 15) is 9.59 Å². The summed E-state index contributed by atoms with van der Waals surface area (Å²) in [5, 5.41) is 12.2. The number of amides is 1. The summed E-state index contributed by atoms with van der Waals surface area (Å²) in [5.74, 6) is 0.598. The third kappa shape index (κ3) is 6.26. The maximum absolute atomic E-state index is 12.5. The number of likely N-dealkylation sites (tertiary alicyclic amines) is 1. The van der Waals surface area contributed by atoms with Gasteiger partial charge in [-0.05, 0) is 51.1 Å². The van der Waals surface area contributed by atoms with Crippen molar-refractivity contribution in [1.29, 1.82) is 0 Å². The van der Waals surface area contributed by atoms with Crippen LogP contribution in [0, 0.1) is 11.8 Å². The number of aliphatic carboxylic acids is 1. The molecule has 1 heterocycles. The van der Waals surface area contributed by atoms with Crippen molar-refractivity contribution in [3.8, 4) is 0 Å². The Labute approximate surface area is 151 Å². The van der Waals surface area contributed by atoms with Crippen molar-refractivity contribution >= 4 is 11.9 Å². The van der Waals surface area contributed by atoms with Gasteiger partial charge in [-0.15, -0.1) is 0 Å². The van der Waals surface area contributed by atoms with E-state index >= 15 is 0 Å². The van der Waals surface area contributed by atoms with Crippen molar-refractivity contribution in [3.05, 3.63) is 0 Å². The molecule has 0 radical (unpaired) electrons. The van der Waals surface area contributed by atoms with Gasteiger partial charge < -0.3 is 10.4 Å². The maximum Gasteiger partial charge on any atom is 0.317 e. The molecular weight excluding hydrogens is 318 g/mol. The van der Waals surface area contributed by atoms with Crippen LogP contribution in [-0.2, 0) is 9.59 Å². The van der Waals surface area contributed by atoms with E-state index < -0.39 is 5.97 Å². The molecule has 1 amide bonds. The molecule has 0 aromatic carbocycles. The van der Waals surface area contributed by atoms with Crippen molar-refractivity contribution in [1.82, 2.24) is 15.1 Å². The maximum atomic E-state index is 12.5. The summed E-state index contributed by atoms with van der Waals surface area (Å²) < 4.78 is 0. The summed E-state index contributed by atoms with van der Waals surface area (Å²) in [5.41, 5.74) is 0. The average Bonchev–Trinajstić information content (AvgIpc) is 2.77. The molecule has 2 aliphatic rings. The van der Waals surface area contributed by atoms with Crippen LogP contribution in [0.5, 0.6) is 0 Å². The Bertz CT molecular complexity index is 457. The van der Waals surface area contributed by atoms with Gasteiger partial charge in [-0.2, -0.15) is 0 Å². The number of carboxylic acids is 1. The number of carbonyl (C=O) groups is 2. The Morgan fingerprint density at radius 2 is 1.88 bits per heavy atom. The van der Waals surface area contributed by atoms with E-state index in [1.165, 1.54) is 12.8 Å². The van der Waals surface area contributed by atoms with E-state index in [4.69, 9.17) is 5.11 Å². The summed E-state index contributed by atoms with van der Waals surface area (Å²) >= 11 is 0. The minimum atomic E-state index is -0.779. The second-order valence-corrected chi connectivity index (χ2v) is 8.11. The first-order valence-electron chi connectivity index (χ1n) is 9.80. The van der Waals surface area contributed by atoms with Gasteiger partial charge in [-0.25, -0.2) is 0 Å². The number of hydrogen-bond acceptors (Lipinski definition) is 4. The number of hydrogen-bond donors (Lipinski definition) is 2. The number of nitrogens with zero attached hydrogens (tertiary/aromatic N) is 2. The van der Waals surface area contributed by atoms with Crippen LogP contribution in [0.15, 0.2) is 0 Å². The average molecular weight is 354 g/mol. The van der Waals surface area contributed by atoms with E-state index in [-0.39, 0.29) is 12.5 Å². The first-order valence-corrected chi connectivity index (χ1v) is 9.80. The lowest BCUT2D eigenvalue weighted by Crippen LogP contribution is -2.47. The predicted octanol–water partition coefficient (Wildman–Crippen LogP) is 1.80. The van der Waals surface area contributed by atoms with Gasteiger partial charge in [0.1, 0.15) is 0 Å². The highest BCUT2D eigenvalue weighted by atomic mass is 16.4. The zero-order valence-electron chi connectivity index (χ0n) is 16.0. The van der Waals surface area contributed by atoms with Gasteiger partial charge in [0.2, 0.25) is 5.91 Å². The largest absolute Gasteiger partial charge is 0.480 e. The number of rotatable bonds is 6. The van der Waals surface area contributed by atoms with Crippen LogP contribution in [0.3, 0.4) is 0 Å². The van der Waals surface area contributed by atoms with Gasteiger partial charge >= 0.3 is 5.97 Å². The summed E-state index contributed by atoms with van der Waals surface area (Å²) in [6, 6.07) is 0.612. The summed E-state index contributed by atoms with van der Waals surface area (Å²) in [7, 11) is 1.88. The molecule has 6 nitrogen and oxygen atoms in total. The van der Waals surface area contributed by atoms with Crippen LogP contribution < -0.4 is 5.32 Å².